The molecule has 0 atom stereocenters. The number of amides is 1. The maximum Gasteiger partial charge on any atom is 0.234 e. The van der Waals surface area contributed by atoms with Crippen molar-refractivity contribution < 1.29 is 14.6 Å². The highest BCUT2D eigenvalue weighted by atomic mass is 16.5. The Kier molecular flexibility index (Phi) is 7.23. The number of ether oxygens (including phenoxy) is 1. The van der Waals surface area contributed by atoms with Gasteiger partial charge in [0.2, 0.25) is 5.91 Å². The number of hydrogen-bond acceptors (Lipinski definition) is 4. The summed E-state index contributed by atoms with van der Waals surface area (Å²) in [5, 5.41) is 11.6. The van der Waals surface area contributed by atoms with E-state index in [2.05, 4.69) is 24.1 Å². The minimum atomic E-state index is 0.0812. The Morgan fingerprint density at radius 2 is 2.11 bits per heavy atom. The van der Waals surface area contributed by atoms with Crippen LogP contribution in [0.3, 0.4) is 0 Å². The molecular formula is C13H26N2O3. The minimum absolute atomic E-state index is 0.0812. The van der Waals surface area contributed by atoms with Crippen LogP contribution < -0.4 is 5.32 Å². The fraction of sp³-hybridized carbons (Fsp3) is 0.923. The second-order valence-electron chi connectivity index (χ2n) is 5.27. The molecule has 5 heteroatoms. The Morgan fingerprint density at radius 3 is 2.67 bits per heavy atom. The number of rotatable bonds is 7. The van der Waals surface area contributed by atoms with Gasteiger partial charge < -0.3 is 15.2 Å². The van der Waals surface area contributed by atoms with Crippen molar-refractivity contribution in [3.8, 4) is 0 Å². The fourth-order valence-corrected chi connectivity index (χ4v) is 2.03. The van der Waals surface area contributed by atoms with Crippen molar-refractivity contribution >= 4 is 5.91 Å². The maximum atomic E-state index is 11.7. The van der Waals surface area contributed by atoms with Gasteiger partial charge in [-0.15, -0.1) is 0 Å². The third-order valence-corrected chi connectivity index (χ3v) is 3.05. The van der Waals surface area contributed by atoms with Crippen LogP contribution in [0.4, 0.5) is 0 Å². The van der Waals surface area contributed by atoms with E-state index in [0.717, 1.165) is 32.5 Å². The Morgan fingerprint density at radius 1 is 1.44 bits per heavy atom. The lowest BCUT2D eigenvalue weighted by atomic mass is 10.1. The third-order valence-electron chi connectivity index (χ3n) is 3.05. The smallest absolute Gasteiger partial charge is 0.234 e. The molecule has 1 aliphatic heterocycles. The van der Waals surface area contributed by atoms with Gasteiger partial charge in [0.25, 0.3) is 0 Å². The summed E-state index contributed by atoms with van der Waals surface area (Å²) in [4.78, 5) is 13.8. The Balaban J connectivity index is 2.13. The van der Waals surface area contributed by atoms with Crippen LogP contribution in [0.2, 0.25) is 0 Å². The summed E-state index contributed by atoms with van der Waals surface area (Å²) in [6.07, 6.45) is 2.13. The number of piperidine rings is 1. The van der Waals surface area contributed by atoms with E-state index in [1.807, 2.05) is 0 Å². The van der Waals surface area contributed by atoms with Crippen LogP contribution in [0.5, 0.6) is 0 Å². The van der Waals surface area contributed by atoms with Crippen LogP contribution in [0.1, 0.15) is 26.7 Å². The van der Waals surface area contributed by atoms with E-state index in [4.69, 9.17) is 9.84 Å². The summed E-state index contributed by atoms with van der Waals surface area (Å²) < 4.78 is 5.49. The average Bonchev–Trinajstić information content (AvgIpc) is 2.35. The van der Waals surface area contributed by atoms with E-state index in [0.29, 0.717) is 19.1 Å². The molecular weight excluding hydrogens is 232 g/mol. The average molecular weight is 258 g/mol. The van der Waals surface area contributed by atoms with Gasteiger partial charge in [-0.3, -0.25) is 9.69 Å². The van der Waals surface area contributed by atoms with Crippen LogP contribution in [-0.4, -0.2) is 61.4 Å². The van der Waals surface area contributed by atoms with E-state index in [1.165, 1.54) is 0 Å². The molecule has 0 bridgehead atoms. The molecule has 1 fully saturated rings. The zero-order chi connectivity index (χ0) is 13.4. The Hall–Kier alpha value is -0.650. The van der Waals surface area contributed by atoms with Crippen LogP contribution in [0.15, 0.2) is 0 Å². The summed E-state index contributed by atoms with van der Waals surface area (Å²) >= 11 is 0. The van der Waals surface area contributed by atoms with Gasteiger partial charge in [0.1, 0.15) is 0 Å². The van der Waals surface area contributed by atoms with Gasteiger partial charge in [-0.25, -0.2) is 0 Å². The second kappa shape index (κ2) is 8.45. The predicted octanol–water partition coefficient (Wildman–Crippen LogP) is 0.232. The van der Waals surface area contributed by atoms with Gasteiger partial charge in [0, 0.05) is 19.6 Å². The number of aliphatic hydroxyl groups is 1. The van der Waals surface area contributed by atoms with Crippen molar-refractivity contribution in [1.82, 2.24) is 10.2 Å². The molecule has 0 spiro atoms. The molecule has 18 heavy (non-hydrogen) atoms. The number of aliphatic hydroxyl groups excluding tert-OH is 1. The number of nitrogens with one attached hydrogen (secondary N) is 1. The normalized spacial score (nSPS) is 18.2. The molecule has 2 N–H and O–H groups in total. The van der Waals surface area contributed by atoms with Crippen LogP contribution in [0.25, 0.3) is 0 Å². The molecule has 1 amide bonds. The van der Waals surface area contributed by atoms with Crippen molar-refractivity contribution in [2.24, 2.45) is 5.92 Å². The summed E-state index contributed by atoms with van der Waals surface area (Å²) in [7, 11) is 0. The van der Waals surface area contributed by atoms with Gasteiger partial charge in [0.15, 0.2) is 0 Å². The van der Waals surface area contributed by atoms with Crippen LogP contribution in [-0.2, 0) is 9.53 Å². The molecule has 1 aliphatic rings. The van der Waals surface area contributed by atoms with Gasteiger partial charge >= 0.3 is 0 Å². The monoisotopic (exact) mass is 258 g/mol. The molecule has 0 saturated carbocycles. The zero-order valence-corrected chi connectivity index (χ0v) is 11.5. The third kappa shape index (κ3) is 6.33. The van der Waals surface area contributed by atoms with Crippen LogP contribution >= 0.6 is 0 Å². The van der Waals surface area contributed by atoms with E-state index >= 15 is 0 Å². The van der Waals surface area contributed by atoms with E-state index < -0.39 is 0 Å². The molecule has 0 aromatic heterocycles. The molecule has 5 nitrogen and oxygen atoms in total. The number of nitrogens with zero attached hydrogens (tertiary/aromatic N) is 1. The molecule has 0 aromatic rings. The summed E-state index contributed by atoms with van der Waals surface area (Å²) in [5.41, 5.74) is 0. The van der Waals surface area contributed by atoms with Gasteiger partial charge in [0.05, 0.1) is 25.9 Å². The minimum Gasteiger partial charge on any atom is -0.394 e. The molecule has 0 unspecified atom stereocenters. The predicted molar refractivity (Wildman–Crippen MR) is 70.3 cm³/mol. The fourth-order valence-electron chi connectivity index (χ4n) is 2.03. The van der Waals surface area contributed by atoms with E-state index in [9.17, 15) is 4.79 Å². The lowest BCUT2D eigenvalue weighted by Gasteiger charge is -2.31. The molecule has 0 aromatic carbocycles. The first-order valence-electron chi connectivity index (χ1n) is 6.83. The molecule has 1 heterocycles. The lowest BCUT2D eigenvalue weighted by molar-refractivity contribution is -0.123. The summed E-state index contributed by atoms with van der Waals surface area (Å²) in [6, 6.07) is 0. The topological polar surface area (TPSA) is 61.8 Å². The standard InChI is InChI=1S/C13H26N2O3/c1-11(2)9-14-13(17)10-15-5-3-12(4-6-15)18-8-7-16/h11-12,16H,3-10H2,1-2H3,(H,14,17). The first-order valence-corrected chi connectivity index (χ1v) is 6.83. The number of likely N-dealkylation sites (tertiary alicyclic amines) is 1. The number of hydrogen-bond donors (Lipinski definition) is 2. The van der Waals surface area contributed by atoms with Gasteiger partial charge in [-0.2, -0.15) is 0 Å². The molecule has 0 aliphatic carbocycles. The Bertz CT molecular complexity index is 238. The van der Waals surface area contributed by atoms with Crippen molar-refractivity contribution in [3.05, 3.63) is 0 Å². The molecule has 106 valence electrons. The first-order chi connectivity index (χ1) is 8.61. The van der Waals surface area contributed by atoms with E-state index in [-0.39, 0.29) is 18.6 Å². The lowest BCUT2D eigenvalue weighted by Crippen LogP contribution is -2.43. The molecule has 1 rings (SSSR count). The van der Waals surface area contributed by atoms with Gasteiger partial charge in [-0.1, -0.05) is 13.8 Å². The SMILES string of the molecule is CC(C)CNC(=O)CN1CCC(OCCO)CC1. The summed E-state index contributed by atoms with van der Waals surface area (Å²) in [5.74, 6) is 0.602. The van der Waals surface area contributed by atoms with Crippen molar-refractivity contribution in [3.63, 3.8) is 0 Å². The highest BCUT2D eigenvalue weighted by Crippen LogP contribution is 2.13. The van der Waals surface area contributed by atoms with Crippen molar-refractivity contribution in [1.29, 1.82) is 0 Å². The highest BCUT2D eigenvalue weighted by molar-refractivity contribution is 5.78. The quantitative estimate of drug-likeness (QED) is 0.686. The number of carbonyl (C=O) groups is 1. The zero-order valence-electron chi connectivity index (χ0n) is 11.5. The largest absolute Gasteiger partial charge is 0.394 e. The van der Waals surface area contributed by atoms with Crippen molar-refractivity contribution in [2.45, 2.75) is 32.8 Å². The number of carbonyl (C=O) groups excluding carboxylic acids is 1. The first kappa shape index (κ1) is 15.4. The maximum absolute atomic E-state index is 11.7. The summed E-state index contributed by atoms with van der Waals surface area (Å²) in [6.45, 7) is 7.69. The highest BCUT2D eigenvalue weighted by Gasteiger charge is 2.20. The molecule has 1 saturated heterocycles. The molecule has 0 radical (unpaired) electrons. The second-order valence-corrected chi connectivity index (χ2v) is 5.27. The van der Waals surface area contributed by atoms with Gasteiger partial charge in [-0.05, 0) is 18.8 Å². The van der Waals surface area contributed by atoms with Crippen LogP contribution in [0, 0.1) is 5.92 Å². The Labute approximate surface area is 109 Å². The van der Waals surface area contributed by atoms with E-state index in [1.54, 1.807) is 0 Å². The van der Waals surface area contributed by atoms with Crippen molar-refractivity contribution in [2.75, 3.05) is 39.4 Å².